The number of thiophene rings is 1. The van der Waals surface area contributed by atoms with Crippen molar-refractivity contribution >= 4 is 38.6 Å². The van der Waals surface area contributed by atoms with Crippen LogP contribution in [0.5, 0.6) is 0 Å². The Morgan fingerprint density at radius 2 is 2.05 bits per heavy atom. The SMILES string of the molecule is Cc1ccc(NC(=O)C2CC2)cc1NS(=O)(=O)c1cccs1. The molecule has 1 heterocycles. The van der Waals surface area contributed by atoms with Gasteiger partial charge in [0, 0.05) is 11.6 Å². The van der Waals surface area contributed by atoms with Crippen molar-refractivity contribution in [3.05, 3.63) is 41.3 Å². The molecule has 0 radical (unpaired) electrons. The summed E-state index contributed by atoms with van der Waals surface area (Å²) < 4.78 is 27.4. The van der Waals surface area contributed by atoms with Crippen LogP contribution in [0.2, 0.25) is 0 Å². The summed E-state index contributed by atoms with van der Waals surface area (Å²) in [5.74, 6) is 0.100. The van der Waals surface area contributed by atoms with Crippen molar-refractivity contribution in [3.63, 3.8) is 0 Å². The van der Waals surface area contributed by atoms with Gasteiger partial charge in [-0.2, -0.15) is 0 Å². The van der Waals surface area contributed by atoms with Crippen LogP contribution in [-0.4, -0.2) is 14.3 Å². The van der Waals surface area contributed by atoms with Crippen LogP contribution in [0, 0.1) is 12.8 Å². The number of nitrogens with one attached hydrogen (secondary N) is 2. The second kappa shape index (κ2) is 5.73. The minimum atomic E-state index is -3.59. The van der Waals surface area contributed by atoms with E-state index in [4.69, 9.17) is 0 Å². The lowest BCUT2D eigenvalue weighted by Crippen LogP contribution is -2.15. The van der Waals surface area contributed by atoms with Gasteiger partial charge in [0.1, 0.15) is 4.21 Å². The highest BCUT2D eigenvalue weighted by atomic mass is 32.2. The molecule has 0 unspecified atom stereocenters. The Morgan fingerprint density at radius 3 is 2.68 bits per heavy atom. The zero-order valence-corrected chi connectivity index (χ0v) is 13.6. The first kappa shape index (κ1) is 15.1. The van der Waals surface area contributed by atoms with Crippen LogP contribution < -0.4 is 10.0 Å². The largest absolute Gasteiger partial charge is 0.326 e. The molecule has 5 nitrogen and oxygen atoms in total. The van der Waals surface area contributed by atoms with Gasteiger partial charge in [0.25, 0.3) is 10.0 Å². The maximum Gasteiger partial charge on any atom is 0.271 e. The summed E-state index contributed by atoms with van der Waals surface area (Å²) in [6.07, 6.45) is 1.85. The van der Waals surface area contributed by atoms with Crippen molar-refractivity contribution in [2.75, 3.05) is 10.0 Å². The van der Waals surface area contributed by atoms with Crippen molar-refractivity contribution in [2.45, 2.75) is 24.0 Å². The fourth-order valence-corrected chi connectivity index (χ4v) is 4.13. The first-order valence-corrected chi connectivity index (χ1v) is 9.30. The number of amides is 1. The maximum atomic E-state index is 12.3. The highest BCUT2D eigenvalue weighted by Crippen LogP contribution is 2.31. The van der Waals surface area contributed by atoms with Gasteiger partial charge in [-0.1, -0.05) is 12.1 Å². The third-order valence-electron chi connectivity index (χ3n) is 3.46. The molecule has 0 atom stereocenters. The van der Waals surface area contributed by atoms with E-state index in [1.807, 2.05) is 6.92 Å². The number of anilines is 2. The summed E-state index contributed by atoms with van der Waals surface area (Å²) in [7, 11) is -3.59. The van der Waals surface area contributed by atoms with E-state index in [2.05, 4.69) is 10.0 Å². The van der Waals surface area contributed by atoms with E-state index in [0.717, 1.165) is 29.7 Å². The minimum absolute atomic E-state index is 0.00378. The number of rotatable bonds is 5. The summed E-state index contributed by atoms with van der Waals surface area (Å²) >= 11 is 1.16. The first-order chi connectivity index (χ1) is 10.5. The Kier molecular flexibility index (Phi) is 3.92. The van der Waals surface area contributed by atoms with Crippen molar-refractivity contribution in [1.82, 2.24) is 0 Å². The van der Waals surface area contributed by atoms with Crippen LogP contribution in [0.15, 0.2) is 39.9 Å². The Bertz CT molecular complexity index is 794. The molecule has 0 spiro atoms. The van der Waals surface area contributed by atoms with Crippen molar-refractivity contribution < 1.29 is 13.2 Å². The standard InChI is InChI=1S/C15H16N2O3S2/c1-10-4-7-12(16-15(18)11-5-6-11)9-13(10)17-22(19,20)14-3-2-8-21-14/h2-4,7-9,11,17H,5-6H2,1H3,(H,16,18). The molecule has 3 rings (SSSR count). The molecule has 1 aliphatic rings. The molecule has 0 aliphatic heterocycles. The Balaban J connectivity index is 1.82. The molecule has 0 saturated heterocycles. The van der Waals surface area contributed by atoms with Gasteiger partial charge in [-0.15, -0.1) is 11.3 Å². The second-order valence-corrected chi connectivity index (χ2v) is 8.19. The van der Waals surface area contributed by atoms with Crippen LogP contribution in [0.4, 0.5) is 11.4 Å². The zero-order valence-electron chi connectivity index (χ0n) is 12.0. The molecule has 1 amide bonds. The maximum absolute atomic E-state index is 12.3. The monoisotopic (exact) mass is 336 g/mol. The molecule has 2 N–H and O–H groups in total. The highest BCUT2D eigenvalue weighted by Gasteiger charge is 2.29. The van der Waals surface area contributed by atoms with Gasteiger partial charge in [-0.25, -0.2) is 8.42 Å². The number of hydrogen-bond acceptors (Lipinski definition) is 4. The third-order valence-corrected chi connectivity index (χ3v) is 6.22. The second-order valence-electron chi connectivity index (χ2n) is 5.33. The molecule has 7 heteroatoms. The molecule has 1 aliphatic carbocycles. The Morgan fingerprint density at radius 1 is 1.27 bits per heavy atom. The van der Waals surface area contributed by atoms with Crippen LogP contribution >= 0.6 is 11.3 Å². The molecule has 2 aromatic rings. The van der Waals surface area contributed by atoms with E-state index in [1.165, 1.54) is 0 Å². The number of carbonyl (C=O) groups is 1. The molecular weight excluding hydrogens is 320 g/mol. The van der Waals surface area contributed by atoms with Crippen molar-refractivity contribution in [1.29, 1.82) is 0 Å². The van der Waals surface area contributed by atoms with Crippen LogP contribution in [0.3, 0.4) is 0 Å². The number of benzene rings is 1. The van der Waals surface area contributed by atoms with Gasteiger partial charge < -0.3 is 5.32 Å². The molecule has 0 bridgehead atoms. The summed E-state index contributed by atoms with van der Waals surface area (Å²) in [5.41, 5.74) is 1.87. The molecule has 22 heavy (non-hydrogen) atoms. The Labute approximate surface area is 133 Å². The van der Waals surface area contributed by atoms with Crippen LogP contribution in [-0.2, 0) is 14.8 Å². The Hall–Kier alpha value is -1.86. The first-order valence-electron chi connectivity index (χ1n) is 6.93. The minimum Gasteiger partial charge on any atom is -0.326 e. The lowest BCUT2D eigenvalue weighted by molar-refractivity contribution is -0.117. The lowest BCUT2D eigenvalue weighted by atomic mass is 10.2. The van der Waals surface area contributed by atoms with Gasteiger partial charge in [0.2, 0.25) is 5.91 Å². The summed E-state index contributed by atoms with van der Waals surface area (Å²) in [4.78, 5) is 11.8. The summed E-state index contributed by atoms with van der Waals surface area (Å²) in [6.45, 7) is 1.82. The average molecular weight is 336 g/mol. The summed E-state index contributed by atoms with van der Waals surface area (Å²) in [6, 6.07) is 8.47. The average Bonchev–Trinajstić information content (AvgIpc) is 3.16. The van der Waals surface area contributed by atoms with E-state index in [1.54, 1.807) is 35.7 Å². The predicted octanol–water partition coefficient (Wildman–Crippen LogP) is 3.21. The molecule has 1 saturated carbocycles. The third kappa shape index (κ3) is 3.31. The number of hydrogen-bond donors (Lipinski definition) is 2. The van der Waals surface area contributed by atoms with E-state index in [-0.39, 0.29) is 16.0 Å². The van der Waals surface area contributed by atoms with Gasteiger partial charge in [0.15, 0.2) is 0 Å². The summed E-state index contributed by atoms with van der Waals surface area (Å²) in [5, 5.41) is 4.54. The quantitative estimate of drug-likeness (QED) is 0.880. The van der Waals surface area contributed by atoms with E-state index in [0.29, 0.717) is 11.4 Å². The van der Waals surface area contributed by atoms with Gasteiger partial charge in [-0.3, -0.25) is 9.52 Å². The van der Waals surface area contributed by atoms with E-state index in [9.17, 15) is 13.2 Å². The lowest BCUT2D eigenvalue weighted by Gasteiger charge is -2.12. The fraction of sp³-hybridized carbons (Fsp3) is 0.267. The fourth-order valence-electron chi connectivity index (χ4n) is 2.01. The normalized spacial score (nSPS) is 14.6. The highest BCUT2D eigenvalue weighted by molar-refractivity contribution is 7.94. The smallest absolute Gasteiger partial charge is 0.271 e. The van der Waals surface area contributed by atoms with E-state index >= 15 is 0 Å². The van der Waals surface area contributed by atoms with Gasteiger partial charge >= 0.3 is 0 Å². The van der Waals surface area contributed by atoms with E-state index < -0.39 is 10.0 Å². The molecule has 1 fully saturated rings. The van der Waals surface area contributed by atoms with Crippen LogP contribution in [0.25, 0.3) is 0 Å². The zero-order chi connectivity index (χ0) is 15.7. The predicted molar refractivity (Wildman–Crippen MR) is 87.7 cm³/mol. The van der Waals surface area contributed by atoms with Gasteiger partial charge in [-0.05, 0) is 48.9 Å². The molecule has 116 valence electrons. The van der Waals surface area contributed by atoms with Gasteiger partial charge in [0.05, 0.1) is 5.69 Å². The topological polar surface area (TPSA) is 75.3 Å². The molecule has 1 aromatic heterocycles. The molecular formula is C15H16N2O3S2. The number of sulfonamides is 1. The molecule has 1 aromatic carbocycles. The van der Waals surface area contributed by atoms with Crippen molar-refractivity contribution in [2.24, 2.45) is 5.92 Å². The van der Waals surface area contributed by atoms with Crippen molar-refractivity contribution in [3.8, 4) is 0 Å². The number of aryl methyl sites for hydroxylation is 1. The number of carbonyl (C=O) groups excluding carboxylic acids is 1. The van der Waals surface area contributed by atoms with Crippen LogP contribution in [0.1, 0.15) is 18.4 Å².